The van der Waals surface area contributed by atoms with Crippen LogP contribution < -0.4 is 0 Å². The van der Waals surface area contributed by atoms with Gasteiger partial charge < -0.3 is 24.8 Å². The molecule has 7 heteroatoms. The number of aliphatic hydroxyl groups is 3. The molecule has 3 N–H and O–H groups in total. The number of hydrogen-bond donors (Lipinski definition) is 3. The number of carbonyl (C=O) groups is 2. The van der Waals surface area contributed by atoms with Crippen molar-refractivity contribution in [2.45, 2.75) is 31.7 Å². The molecule has 1 heterocycles. The summed E-state index contributed by atoms with van der Waals surface area (Å²) in [6, 6.07) is 0. The summed E-state index contributed by atoms with van der Waals surface area (Å²) < 4.78 is 11.0. The molecular formula is C20H26O7. The van der Waals surface area contributed by atoms with Gasteiger partial charge in [-0.2, -0.15) is 0 Å². The molecule has 0 aromatic rings. The molecule has 27 heavy (non-hydrogen) atoms. The second-order valence-corrected chi connectivity index (χ2v) is 7.30. The summed E-state index contributed by atoms with van der Waals surface area (Å²) >= 11 is 0. The Morgan fingerprint density at radius 3 is 2.59 bits per heavy atom. The SMILES string of the molecule is C=CC1(C)CC(OC(=O)C(=C)C(O)CO)C2C(=C)C(=O)OC2C1C(=C)CO. The molecule has 6 unspecified atom stereocenters. The van der Waals surface area contributed by atoms with Crippen molar-refractivity contribution in [3.8, 4) is 0 Å². The maximum Gasteiger partial charge on any atom is 0.336 e. The Bertz CT molecular complexity index is 694. The number of hydrogen-bond acceptors (Lipinski definition) is 7. The lowest BCUT2D eigenvalue weighted by atomic mass is 9.59. The molecule has 0 bridgehead atoms. The molecular weight excluding hydrogens is 352 g/mol. The van der Waals surface area contributed by atoms with Crippen molar-refractivity contribution in [2.75, 3.05) is 13.2 Å². The average Bonchev–Trinajstić information content (AvgIpc) is 2.94. The molecule has 1 aliphatic heterocycles. The first-order valence-electron chi connectivity index (χ1n) is 8.61. The zero-order valence-corrected chi connectivity index (χ0v) is 15.4. The first kappa shape index (κ1) is 21.1. The highest BCUT2D eigenvalue weighted by Gasteiger charge is 2.58. The van der Waals surface area contributed by atoms with Crippen molar-refractivity contribution in [1.82, 2.24) is 0 Å². The molecule has 6 atom stereocenters. The molecule has 0 aromatic heterocycles. The predicted octanol–water partition coefficient (Wildman–Crippen LogP) is 0.666. The fourth-order valence-corrected chi connectivity index (χ4v) is 3.96. The van der Waals surface area contributed by atoms with E-state index in [1.807, 2.05) is 6.92 Å². The Balaban J connectivity index is 2.39. The summed E-state index contributed by atoms with van der Waals surface area (Å²) in [7, 11) is 0. The van der Waals surface area contributed by atoms with Gasteiger partial charge in [-0.15, -0.1) is 6.58 Å². The summed E-state index contributed by atoms with van der Waals surface area (Å²) in [6.07, 6.45) is -0.980. The van der Waals surface area contributed by atoms with Gasteiger partial charge >= 0.3 is 11.9 Å². The number of fused-ring (bicyclic) bond motifs is 1. The lowest BCUT2D eigenvalue weighted by Gasteiger charge is -2.48. The molecule has 0 spiro atoms. The number of allylic oxidation sites excluding steroid dienone is 1. The number of rotatable bonds is 7. The topological polar surface area (TPSA) is 113 Å². The number of carbonyl (C=O) groups excluding carboxylic acids is 2. The van der Waals surface area contributed by atoms with Gasteiger partial charge in [-0.25, -0.2) is 9.59 Å². The third-order valence-electron chi connectivity index (χ3n) is 5.55. The van der Waals surface area contributed by atoms with Gasteiger partial charge in [-0.3, -0.25) is 0 Å². The average molecular weight is 378 g/mol. The lowest BCUT2D eigenvalue weighted by molar-refractivity contribution is -0.160. The highest BCUT2D eigenvalue weighted by Crippen LogP contribution is 2.53. The fourth-order valence-electron chi connectivity index (χ4n) is 3.96. The molecule has 148 valence electrons. The fraction of sp³-hybridized carbons (Fsp3) is 0.500. The van der Waals surface area contributed by atoms with E-state index in [9.17, 15) is 19.8 Å². The van der Waals surface area contributed by atoms with Crippen molar-refractivity contribution in [1.29, 1.82) is 0 Å². The van der Waals surface area contributed by atoms with Gasteiger partial charge in [0.2, 0.25) is 0 Å². The molecule has 2 aliphatic rings. The standard InChI is InChI=1S/C20H26O7/c1-6-20(5)7-14(26-18(24)11(3)13(23)9-22)15-12(4)19(25)27-17(15)16(20)10(2)8-21/h6,13-17,21-23H,1-4,7-9H2,5H3. The van der Waals surface area contributed by atoms with Crippen LogP contribution in [0.15, 0.2) is 49.1 Å². The summed E-state index contributed by atoms with van der Waals surface area (Å²) in [5.41, 5.74) is -0.298. The number of ether oxygens (including phenoxy) is 2. The van der Waals surface area contributed by atoms with E-state index in [0.29, 0.717) is 5.57 Å². The van der Waals surface area contributed by atoms with E-state index in [0.717, 1.165) is 0 Å². The van der Waals surface area contributed by atoms with Crippen LogP contribution in [0.2, 0.25) is 0 Å². The zero-order chi connectivity index (χ0) is 20.5. The molecule has 1 saturated heterocycles. The highest BCUT2D eigenvalue weighted by atomic mass is 16.6. The maximum atomic E-state index is 12.3. The number of aliphatic hydroxyl groups excluding tert-OH is 3. The number of esters is 2. The van der Waals surface area contributed by atoms with Crippen LogP contribution in [0.1, 0.15) is 13.3 Å². The van der Waals surface area contributed by atoms with Crippen LogP contribution in [0.5, 0.6) is 0 Å². The molecule has 0 radical (unpaired) electrons. The van der Waals surface area contributed by atoms with E-state index in [1.165, 1.54) is 0 Å². The van der Waals surface area contributed by atoms with Gasteiger partial charge in [-0.05, 0) is 17.4 Å². The predicted molar refractivity (Wildman–Crippen MR) is 97.3 cm³/mol. The summed E-state index contributed by atoms with van der Waals surface area (Å²) in [4.78, 5) is 24.5. The Kier molecular flexibility index (Phi) is 6.09. The van der Waals surface area contributed by atoms with Crippen LogP contribution in [0.3, 0.4) is 0 Å². The largest absolute Gasteiger partial charge is 0.458 e. The maximum absolute atomic E-state index is 12.3. The smallest absolute Gasteiger partial charge is 0.336 e. The van der Waals surface area contributed by atoms with Crippen LogP contribution in [-0.2, 0) is 19.1 Å². The van der Waals surface area contributed by atoms with Gasteiger partial charge in [0.05, 0.1) is 24.7 Å². The minimum absolute atomic E-state index is 0.174. The summed E-state index contributed by atoms with van der Waals surface area (Å²) in [6.45, 7) is 15.9. The third kappa shape index (κ3) is 3.63. The van der Waals surface area contributed by atoms with Gasteiger partial charge in [0.25, 0.3) is 0 Å². The van der Waals surface area contributed by atoms with Gasteiger partial charge in [-0.1, -0.05) is 32.7 Å². The van der Waals surface area contributed by atoms with Gasteiger partial charge in [0, 0.05) is 11.5 Å². The van der Waals surface area contributed by atoms with E-state index in [-0.39, 0.29) is 24.2 Å². The molecule has 0 amide bonds. The minimum Gasteiger partial charge on any atom is -0.458 e. The van der Waals surface area contributed by atoms with E-state index < -0.39 is 54.1 Å². The summed E-state index contributed by atoms with van der Waals surface area (Å²) in [5, 5.41) is 28.2. The first-order chi connectivity index (χ1) is 12.6. The van der Waals surface area contributed by atoms with Crippen LogP contribution in [0, 0.1) is 17.3 Å². The minimum atomic E-state index is -1.44. The molecule has 2 fully saturated rings. The molecule has 1 aliphatic carbocycles. The quantitative estimate of drug-likeness (QED) is 0.339. The van der Waals surface area contributed by atoms with Gasteiger partial charge in [0.15, 0.2) is 0 Å². The van der Waals surface area contributed by atoms with E-state index in [4.69, 9.17) is 14.6 Å². The summed E-state index contributed by atoms with van der Waals surface area (Å²) in [5.74, 6) is -2.51. The van der Waals surface area contributed by atoms with Crippen LogP contribution in [0.4, 0.5) is 0 Å². The van der Waals surface area contributed by atoms with E-state index in [1.54, 1.807) is 6.08 Å². The normalized spacial score (nSPS) is 33.6. The highest BCUT2D eigenvalue weighted by molar-refractivity contribution is 5.92. The molecule has 2 rings (SSSR count). The van der Waals surface area contributed by atoms with Crippen molar-refractivity contribution < 1.29 is 34.4 Å². The van der Waals surface area contributed by atoms with Gasteiger partial charge in [0.1, 0.15) is 18.3 Å². The second-order valence-electron chi connectivity index (χ2n) is 7.30. The lowest BCUT2D eigenvalue weighted by Crippen LogP contribution is -2.52. The second kappa shape index (κ2) is 7.80. The Labute approximate surface area is 158 Å². The van der Waals surface area contributed by atoms with Crippen molar-refractivity contribution in [3.05, 3.63) is 49.1 Å². The van der Waals surface area contributed by atoms with Crippen LogP contribution in [-0.4, -0.2) is 58.8 Å². The van der Waals surface area contributed by atoms with Crippen molar-refractivity contribution in [3.63, 3.8) is 0 Å². The Hall–Kier alpha value is -2.22. The monoisotopic (exact) mass is 378 g/mol. The first-order valence-corrected chi connectivity index (χ1v) is 8.61. The Morgan fingerprint density at radius 2 is 2.07 bits per heavy atom. The molecule has 1 saturated carbocycles. The van der Waals surface area contributed by atoms with Crippen molar-refractivity contribution >= 4 is 11.9 Å². The van der Waals surface area contributed by atoms with Crippen molar-refractivity contribution in [2.24, 2.45) is 17.3 Å². The Morgan fingerprint density at radius 1 is 1.44 bits per heavy atom. The van der Waals surface area contributed by atoms with Crippen LogP contribution >= 0.6 is 0 Å². The van der Waals surface area contributed by atoms with Crippen LogP contribution in [0.25, 0.3) is 0 Å². The van der Waals surface area contributed by atoms with E-state index >= 15 is 0 Å². The molecule has 7 nitrogen and oxygen atoms in total. The molecule has 0 aromatic carbocycles. The zero-order valence-electron chi connectivity index (χ0n) is 15.4. The third-order valence-corrected chi connectivity index (χ3v) is 5.55. The van der Waals surface area contributed by atoms with E-state index in [2.05, 4.69) is 26.3 Å².